The van der Waals surface area contributed by atoms with E-state index in [0.29, 0.717) is 11.1 Å². The van der Waals surface area contributed by atoms with Crippen LogP contribution in [-0.4, -0.2) is 40.3 Å². The fraction of sp³-hybridized carbons (Fsp3) is 0.500. The molecule has 0 fully saturated rings. The molecular formula is C16H23NO5. The van der Waals surface area contributed by atoms with Crippen molar-refractivity contribution in [2.24, 2.45) is 0 Å². The predicted molar refractivity (Wildman–Crippen MR) is 81.3 cm³/mol. The third-order valence-corrected chi connectivity index (χ3v) is 2.81. The van der Waals surface area contributed by atoms with Gasteiger partial charge in [0.1, 0.15) is 17.8 Å². The van der Waals surface area contributed by atoms with Crippen molar-refractivity contribution in [3.05, 3.63) is 35.4 Å². The van der Waals surface area contributed by atoms with E-state index < -0.39 is 23.8 Å². The number of rotatable bonds is 5. The van der Waals surface area contributed by atoms with E-state index in [1.807, 2.05) is 0 Å². The van der Waals surface area contributed by atoms with Crippen LogP contribution in [0.5, 0.6) is 0 Å². The number of aliphatic hydroxyl groups is 2. The molecule has 1 aromatic carbocycles. The lowest BCUT2D eigenvalue weighted by Gasteiger charge is -2.20. The first-order valence-corrected chi connectivity index (χ1v) is 7.04. The average molecular weight is 309 g/mol. The molecule has 1 amide bonds. The summed E-state index contributed by atoms with van der Waals surface area (Å²) >= 11 is 0. The van der Waals surface area contributed by atoms with Gasteiger partial charge < -0.3 is 20.3 Å². The van der Waals surface area contributed by atoms with Gasteiger partial charge in [0.05, 0.1) is 5.56 Å². The fourth-order valence-electron chi connectivity index (χ4n) is 1.74. The van der Waals surface area contributed by atoms with Crippen LogP contribution in [0.3, 0.4) is 0 Å². The second kappa shape index (κ2) is 7.38. The van der Waals surface area contributed by atoms with Crippen LogP contribution in [0.4, 0.5) is 0 Å². The van der Waals surface area contributed by atoms with Crippen molar-refractivity contribution < 1.29 is 24.5 Å². The van der Waals surface area contributed by atoms with Crippen LogP contribution < -0.4 is 5.32 Å². The molecule has 0 heterocycles. The van der Waals surface area contributed by atoms with Crippen molar-refractivity contribution in [2.45, 2.75) is 45.5 Å². The second-order valence-electron chi connectivity index (χ2n) is 6.07. The van der Waals surface area contributed by atoms with E-state index in [-0.39, 0.29) is 12.5 Å². The van der Waals surface area contributed by atoms with E-state index in [0.717, 1.165) is 0 Å². The van der Waals surface area contributed by atoms with Crippen molar-refractivity contribution in [1.82, 2.24) is 5.32 Å². The lowest BCUT2D eigenvalue weighted by Crippen LogP contribution is -2.34. The summed E-state index contributed by atoms with van der Waals surface area (Å²) < 4.78 is 5.24. The van der Waals surface area contributed by atoms with Gasteiger partial charge in [-0.2, -0.15) is 0 Å². The Morgan fingerprint density at radius 1 is 1.18 bits per heavy atom. The van der Waals surface area contributed by atoms with Crippen LogP contribution >= 0.6 is 0 Å². The lowest BCUT2D eigenvalue weighted by molar-refractivity contribution is -0.119. The van der Waals surface area contributed by atoms with Crippen molar-refractivity contribution in [3.63, 3.8) is 0 Å². The third kappa shape index (κ3) is 5.83. The molecule has 0 spiro atoms. The van der Waals surface area contributed by atoms with E-state index in [9.17, 15) is 19.8 Å². The molecule has 6 heteroatoms. The molecule has 2 atom stereocenters. The zero-order chi connectivity index (χ0) is 16.9. The monoisotopic (exact) mass is 309 g/mol. The minimum atomic E-state index is -1.15. The number of ether oxygens (including phenoxy) is 1. The highest BCUT2D eigenvalue weighted by molar-refractivity contribution is 5.89. The van der Waals surface area contributed by atoms with Gasteiger partial charge in [0, 0.05) is 13.5 Å². The molecule has 2 unspecified atom stereocenters. The first-order chi connectivity index (χ1) is 10.1. The number of nitrogens with one attached hydrogen (secondary N) is 1. The number of esters is 1. The van der Waals surface area contributed by atoms with E-state index in [1.165, 1.54) is 19.1 Å². The molecule has 1 rings (SSSR count). The Bertz CT molecular complexity index is 518. The van der Waals surface area contributed by atoms with Crippen LogP contribution in [0, 0.1) is 0 Å². The Balaban J connectivity index is 2.71. The highest BCUT2D eigenvalue weighted by atomic mass is 16.6. The second-order valence-corrected chi connectivity index (χ2v) is 6.07. The largest absolute Gasteiger partial charge is 0.456 e. The molecular weight excluding hydrogens is 286 g/mol. The Labute approximate surface area is 130 Å². The van der Waals surface area contributed by atoms with Crippen molar-refractivity contribution >= 4 is 11.9 Å². The number of hydrogen-bond acceptors (Lipinski definition) is 5. The van der Waals surface area contributed by atoms with Gasteiger partial charge in [0.2, 0.25) is 5.91 Å². The predicted octanol–water partition coefficient (Wildman–Crippen LogP) is 1.17. The van der Waals surface area contributed by atoms with Gasteiger partial charge in [0.15, 0.2) is 0 Å². The third-order valence-electron chi connectivity index (χ3n) is 2.81. The molecule has 0 aromatic heterocycles. The SMILES string of the molecule is CC(=O)NCC(O)C(O)c1ccc(C(=O)OC(C)(C)C)cc1. The zero-order valence-corrected chi connectivity index (χ0v) is 13.3. The molecule has 0 bridgehead atoms. The van der Waals surface area contributed by atoms with Crippen LogP contribution in [-0.2, 0) is 9.53 Å². The van der Waals surface area contributed by atoms with Gasteiger partial charge >= 0.3 is 5.97 Å². The van der Waals surface area contributed by atoms with E-state index in [2.05, 4.69) is 5.32 Å². The number of aliphatic hydroxyl groups excluding tert-OH is 2. The molecule has 22 heavy (non-hydrogen) atoms. The summed E-state index contributed by atoms with van der Waals surface area (Å²) in [4.78, 5) is 22.7. The fourth-order valence-corrected chi connectivity index (χ4v) is 1.74. The Hall–Kier alpha value is -1.92. The van der Waals surface area contributed by atoms with Crippen LogP contribution in [0.15, 0.2) is 24.3 Å². The van der Waals surface area contributed by atoms with Gasteiger partial charge in [-0.25, -0.2) is 4.79 Å². The van der Waals surface area contributed by atoms with Gasteiger partial charge in [-0.3, -0.25) is 4.79 Å². The highest BCUT2D eigenvalue weighted by Crippen LogP contribution is 2.19. The van der Waals surface area contributed by atoms with Gasteiger partial charge in [-0.1, -0.05) is 12.1 Å². The normalized spacial score (nSPS) is 14.1. The van der Waals surface area contributed by atoms with Gasteiger partial charge in [-0.15, -0.1) is 0 Å². The Kier molecular flexibility index (Phi) is 6.08. The molecule has 122 valence electrons. The minimum Gasteiger partial charge on any atom is -0.456 e. The van der Waals surface area contributed by atoms with Gasteiger partial charge in [-0.05, 0) is 38.5 Å². The number of carbonyl (C=O) groups excluding carboxylic acids is 2. The van der Waals surface area contributed by atoms with Crippen molar-refractivity contribution in [3.8, 4) is 0 Å². The molecule has 6 nitrogen and oxygen atoms in total. The van der Waals surface area contributed by atoms with Gasteiger partial charge in [0.25, 0.3) is 0 Å². The minimum absolute atomic E-state index is 0.0513. The summed E-state index contributed by atoms with van der Waals surface area (Å²) in [5.74, 6) is -0.737. The summed E-state index contributed by atoms with van der Waals surface area (Å²) in [5, 5.41) is 22.2. The number of amides is 1. The van der Waals surface area contributed by atoms with Crippen LogP contribution in [0.25, 0.3) is 0 Å². The molecule has 3 N–H and O–H groups in total. The topological polar surface area (TPSA) is 95.9 Å². The standard InChI is InChI=1S/C16H23NO5/c1-10(18)17-9-13(19)14(20)11-5-7-12(8-6-11)15(21)22-16(2,3)4/h5-8,13-14,19-20H,9H2,1-4H3,(H,17,18). The first kappa shape index (κ1) is 18.1. The quantitative estimate of drug-likeness (QED) is 0.710. The molecule has 0 aliphatic carbocycles. The maximum absolute atomic E-state index is 11.9. The first-order valence-electron chi connectivity index (χ1n) is 7.04. The maximum atomic E-state index is 11.9. The highest BCUT2D eigenvalue weighted by Gasteiger charge is 2.21. The summed E-state index contributed by atoms with van der Waals surface area (Å²) in [5.41, 5.74) is 0.233. The molecule has 1 aromatic rings. The smallest absolute Gasteiger partial charge is 0.338 e. The molecule has 0 saturated heterocycles. The maximum Gasteiger partial charge on any atom is 0.338 e. The summed E-state index contributed by atoms with van der Waals surface area (Å²) in [6.07, 6.45) is -2.28. The molecule has 0 radical (unpaired) electrons. The number of hydrogen-bond donors (Lipinski definition) is 3. The molecule has 0 aliphatic heterocycles. The van der Waals surface area contributed by atoms with E-state index in [1.54, 1.807) is 32.9 Å². The average Bonchev–Trinajstić information content (AvgIpc) is 2.42. The summed E-state index contributed by atoms with van der Waals surface area (Å²) in [6.45, 7) is 6.61. The van der Waals surface area contributed by atoms with Crippen molar-refractivity contribution in [2.75, 3.05) is 6.54 Å². The summed E-state index contributed by atoms with van der Waals surface area (Å²) in [6, 6.07) is 6.14. The number of carbonyl (C=O) groups is 2. The molecule has 0 saturated carbocycles. The van der Waals surface area contributed by atoms with Crippen molar-refractivity contribution in [1.29, 1.82) is 0 Å². The molecule has 0 aliphatic rings. The zero-order valence-electron chi connectivity index (χ0n) is 13.3. The van der Waals surface area contributed by atoms with E-state index in [4.69, 9.17) is 4.74 Å². The number of benzene rings is 1. The summed E-state index contributed by atoms with van der Waals surface area (Å²) in [7, 11) is 0. The van der Waals surface area contributed by atoms with E-state index >= 15 is 0 Å². The lowest BCUT2D eigenvalue weighted by atomic mass is 10.0. The Morgan fingerprint density at radius 2 is 1.73 bits per heavy atom. The van der Waals surface area contributed by atoms with Crippen LogP contribution in [0.2, 0.25) is 0 Å². The van der Waals surface area contributed by atoms with Crippen LogP contribution in [0.1, 0.15) is 49.7 Å². The Morgan fingerprint density at radius 3 is 2.18 bits per heavy atom.